The van der Waals surface area contributed by atoms with Crippen LogP contribution in [0.4, 0.5) is 4.39 Å². The highest BCUT2D eigenvalue weighted by Crippen LogP contribution is 2.17. The molecule has 3 nitrogen and oxygen atoms in total. The van der Waals surface area contributed by atoms with Gasteiger partial charge in [-0.25, -0.2) is 4.39 Å². The zero-order valence-corrected chi connectivity index (χ0v) is 7.00. The molecule has 0 aliphatic carbocycles. The highest BCUT2D eigenvalue weighted by atomic mass is 31.1. The average molecular weight is 189 g/mol. The van der Waals surface area contributed by atoms with Crippen LogP contribution in [-0.4, -0.2) is 4.89 Å². The average Bonchev–Trinajstić information content (AvgIpc) is 2.01. The van der Waals surface area contributed by atoms with Crippen molar-refractivity contribution in [3.8, 4) is 0 Å². The van der Waals surface area contributed by atoms with Crippen LogP contribution < -0.4 is 0 Å². The zero-order chi connectivity index (χ0) is 8.97. The summed E-state index contributed by atoms with van der Waals surface area (Å²) in [6.45, 7) is -0.0521. The van der Waals surface area contributed by atoms with E-state index >= 15 is 0 Å². The zero-order valence-electron chi connectivity index (χ0n) is 6.11. The van der Waals surface area contributed by atoms with E-state index in [1.165, 1.54) is 18.2 Å². The first kappa shape index (κ1) is 9.26. The van der Waals surface area contributed by atoms with Gasteiger partial charge in [0.2, 0.25) is 0 Å². The molecule has 0 aliphatic rings. The Bertz CT molecular complexity index is 290. The van der Waals surface area contributed by atoms with Gasteiger partial charge in [-0.2, -0.15) is 0 Å². The first-order chi connectivity index (χ1) is 5.68. The Morgan fingerprint density at radius 2 is 2.33 bits per heavy atom. The minimum Gasteiger partial charge on any atom is -0.207 e. The van der Waals surface area contributed by atoms with Gasteiger partial charge < -0.3 is 0 Å². The lowest BCUT2D eigenvalue weighted by Crippen LogP contribution is -1.86. The Kier molecular flexibility index (Phi) is 3.29. The second-order valence-electron chi connectivity index (χ2n) is 2.14. The largest absolute Gasteiger partial charge is 0.695 e. The smallest absolute Gasteiger partial charge is 0.207 e. The summed E-state index contributed by atoms with van der Waals surface area (Å²) in [4.78, 5) is 8.28. The summed E-state index contributed by atoms with van der Waals surface area (Å²) in [6.07, 6.45) is 0. The predicted octanol–water partition coefficient (Wildman–Crippen LogP) is 1.99. The van der Waals surface area contributed by atoms with E-state index < -0.39 is 8.25 Å². The lowest BCUT2D eigenvalue weighted by Gasteiger charge is -1.93. The van der Waals surface area contributed by atoms with Crippen molar-refractivity contribution in [3.63, 3.8) is 0 Å². The third-order valence-electron chi connectivity index (χ3n) is 1.23. The van der Waals surface area contributed by atoms with Gasteiger partial charge in [-0.1, -0.05) is 12.1 Å². The van der Waals surface area contributed by atoms with Crippen LogP contribution >= 0.6 is 8.25 Å². The molecule has 1 rings (SSSR count). The number of halogens is 1. The summed E-state index contributed by atoms with van der Waals surface area (Å²) in [5, 5.41) is 0. The highest BCUT2D eigenvalue weighted by molar-refractivity contribution is 7.32. The monoisotopic (exact) mass is 189 g/mol. The van der Waals surface area contributed by atoms with Crippen LogP contribution in [0.3, 0.4) is 0 Å². The molecule has 0 heterocycles. The molecule has 0 aliphatic heterocycles. The van der Waals surface area contributed by atoms with Crippen molar-refractivity contribution in [3.05, 3.63) is 35.6 Å². The fourth-order valence-electron chi connectivity index (χ4n) is 0.757. The molecule has 0 saturated heterocycles. The third kappa shape index (κ3) is 3.05. The van der Waals surface area contributed by atoms with Crippen molar-refractivity contribution < 1.29 is 18.4 Å². The lowest BCUT2D eigenvalue weighted by molar-refractivity contribution is 0.272. The van der Waals surface area contributed by atoms with Gasteiger partial charge in [0.1, 0.15) is 12.4 Å². The van der Waals surface area contributed by atoms with Crippen molar-refractivity contribution in [2.75, 3.05) is 0 Å². The first-order valence-electron chi connectivity index (χ1n) is 3.22. The molecule has 1 N–H and O–H groups in total. The van der Waals surface area contributed by atoms with Crippen LogP contribution in [-0.2, 0) is 15.7 Å². The van der Waals surface area contributed by atoms with Crippen molar-refractivity contribution in [2.45, 2.75) is 6.61 Å². The summed E-state index contributed by atoms with van der Waals surface area (Å²) >= 11 is 0. The minimum absolute atomic E-state index is 0.0521. The SMILES string of the molecule is O=[P+](O)OCc1cccc(F)c1. The molecule has 0 bridgehead atoms. The summed E-state index contributed by atoms with van der Waals surface area (Å²) < 4.78 is 27.0. The Balaban J connectivity index is 2.57. The Hall–Kier alpha value is -0.830. The van der Waals surface area contributed by atoms with Gasteiger partial charge in [0, 0.05) is 4.57 Å². The number of hydrogen-bond donors (Lipinski definition) is 1. The molecule has 0 fully saturated rings. The lowest BCUT2D eigenvalue weighted by atomic mass is 10.2. The molecular weight excluding hydrogens is 182 g/mol. The van der Waals surface area contributed by atoms with E-state index in [0.717, 1.165) is 0 Å². The van der Waals surface area contributed by atoms with Crippen LogP contribution in [0.25, 0.3) is 0 Å². The Morgan fingerprint density at radius 1 is 1.58 bits per heavy atom. The van der Waals surface area contributed by atoms with Crippen molar-refractivity contribution >= 4 is 8.25 Å². The molecule has 0 saturated carbocycles. The second-order valence-corrected chi connectivity index (χ2v) is 2.88. The van der Waals surface area contributed by atoms with Gasteiger partial charge in [0.15, 0.2) is 0 Å². The molecule has 5 heteroatoms. The molecule has 1 aromatic carbocycles. The number of benzene rings is 1. The van der Waals surface area contributed by atoms with Gasteiger partial charge in [-0.05, 0) is 17.7 Å². The molecule has 12 heavy (non-hydrogen) atoms. The number of hydrogen-bond acceptors (Lipinski definition) is 2. The predicted molar refractivity (Wildman–Crippen MR) is 41.0 cm³/mol. The normalized spacial score (nSPS) is 11.3. The summed E-state index contributed by atoms with van der Waals surface area (Å²) in [5.74, 6) is -0.385. The summed E-state index contributed by atoms with van der Waals surface area (Å²) in [7, 11) is -2.61. The van der Waals surface area contributed by atoms with E-state index in [9.17, 15) is 8.96 Å². The van der Waals surface area contributed by atoms with Gasteiger partial charge in [0.25, 0.3) is 0 Å². The van der Waals surface area contributed by atoms with E-state index in [4.69, 9.17) is 4.89 Å². The van der Waals surface area contributed by atoms with Crippen LogP contribution in [0, 0.1) is 5.82 Å². The maximum atomic E-state index is 12.5. The summed E-state index contributed by atoms with van der Waals surface area (Å²) in [6, 6.07) is 5.67. The fourth-order valence-corrected chi connectivity index (χ4v) is 1.02. The van der Waals surface area contributed by atoms with Crippen LogP contribution in [0.15, 0.2) is 24.3 Å². The van der Waals surface area contributed by atoms with E-state index in [0.29, 0.717) is 5.56 Å². The van der Waals surface area contributed by atoms with Crippen LogP contribution in [0.2, 0.25) is 0 Å². The molecule has 64 valence electrons. The quantitative estimate of drug-likeness (QED) is 0.739. The second kappa shape index (κ2) is 4.26. The van der Waals surface area contributed by atoms with Crippen LogP contribution in [0.5, 0.6) is 0 Å². The van der Waals surface area contributed by atoms with Crippen molar-refractivity contribution in [1.29, 1.82) is 0 Å². The molecule has 0 amide bonds. The third-order valence-corrected chi connectivity index (χ3v) is 1.58. The number of rotatable bonds is 3. The van der Waals surface area contributed by atoms with Crippen LogP contribution in [0.1, 0.15) is 5.56 Å². The first-order valence-corrected chi connectivity index (χ1v) is 4.35. The maximum absolute atomic E-state index is 12.5. The van der Waals surface area contributed by atoms with E-state index in [2.05, 4.69) is 4.52 Å². The van der Waals surface area contributed by atoms with Gasteiger partial charge in [-0.3, -0.25) is 0 Å². The van der Waals surface area contributed by atoms with E-state index in [-0.39, 0.29) is 12.4 Å². The van der Waals surface area contributed by atoms with E-state index in [1.807, 2.05) is 0 Å². The van der Waals surface area contributed by atoms with Gasteiger partial charge in [0.05, 0.1) is 0 Å². The Labute approximate surface area is 69.7 Å². The molecule has 1 atom stereocenters. The van der Waals surface area contributed by atoms with Gasteiger partial charge in [-0.15, -0.1) is 9.42 Å². The molecule has 0 spiro atoms. The maximum Gasteiger partial charge on any atom is 0.695 e. The van der Waals surface area contributed by atoms with E-state index in [1.54, 1.807) is 6.07 Å². The van der Waals surface area contributed by atoms with Crippen molar-refractivity contribution in [1.82, 2.24) is 0 Å². The van der Waals surface area contributed by atoms with Crippen molar-refractivity contribution in [2.24, 2.45) is 0 Å². The fraction of sp³-hybridized carbons (Fsp3) is 0.143. The standard InChI is InChI=1S/C7H6FO3P/c8-7-3-1-2-6(4-7)5-11-12(9)10/h1-4H,5H2/p+1. The molecule has 1 unspecified atom stereocenters. The Morgan fingerprint density at radius 3 is 2.92 bits per heavy atom. The highest BCUT2D eigenvalue weighted by Gasteiger charge is 2.11. The summed E-state index contributed by atoms with van der Waals surface area (Å²) in [5.41, 5.74) is 0.535. The topological polar surface area (TPSA) is 46.5 Å². The molecular formula is C7H7FO3P+. The molecule has 0 aromatic heterocycles. The molecule has 0 radical (unpaired) electrons. The molecule has 1 aromatic rings. The van der Waals surface area contributed by atoms with Gasteiger partial charge >= 0.3 is 8.25 Å². The minimum atomic E-state index is -2.61.